The normalized spacial score (nSPS) is 10.2. The molecule has 0 aliphatic rings. The van der Waals surface area contributed by atoms with Crippen LogP contribution in [0.25, 0.3) is 11.3 Å². The molecule has 20 heavy (non-hydrogen) atoms. The van der Waals surface area contributed by atoms with E-state index in [2.05, 4.69) is 4.98 Å². The molecule has 0 radical (unpaired) electrons. The van der Waals surface area contributed by atoms with Gasteiger partial charge in [-0.25, -0.2) is 0 Å². The zero-order valence-electron chi connectivity index (χ0n) is 10.7. The Bertz CT molecular complexity index is 639. The van der Waals surface area contributed by atoms with Crippen molar-refractivity contribution in [2.24, 2.45) is 5.73 Å². The monoisotopic (exact) mass is 288 g/mol. The number of aryl methyl sites for hydroxylation is 1. The molecule has 1 amide bonds. The molecule has 0 unspecified atom stereocenters. The summed E-state index contributed by atoms with van der Waals surface area (Å²) in [7, 11) is 0. The summed E-state index contributed by atoms with van der Waals surface area (Å²) in [6.45, 7) is 0. The van der Waals surface area contributed by atoms with E-state index in [1.54, 1.807) is 18.2 Å². The summed E-state index contributed by atoms with van der Waals surface area (Å²) in [5.74, 6) is -0.0975. The third-order valence-electron chi connectivity index (χ3n) is 2.94. The lowest BCUT2D eigenvalue weighted by atomic mass is 10.0. The second-order valence-corrected chi connectivity index (χ2v) is 4.65. The molecular formula is C15H13ClN2O2. The van der Waals surface area contributed by atoms with Gasteiger partial charge in [0.15, 0.2) is 0 Å². The number of benzene rings is 1. The second-order valence-electron chi connectivity index (χ2n) is 4.27. The highest BCUT2D eigenvalue weighted by Gasteiger charge is 2.10. The van der Waals surface area contributed by atoms with E-state index in [1.807, 2.05) is 12.1 Å². The van der Waals surface area contributed by atoms with Crippen LogP contribution >= 0.6 is 11.6 Å². The van der Waals surface area contributed by atoms with Crippen LogP contribution in [-0.4, -0.2) is 23.1 Å². The van der Waals surface area contributed by atoms with Crippen molar-refractivity contribution < 1.29 is 9.59 Å². The van der Waals surface area contributed by atoms with E-state index in [-0.39, 0.29) is 0 Å². The first-order valence-corrected chi connectivity index (χ1v) is 6.59. The molecule has 4 nitrogen and oxygen atoms in total. The van der Waals surface area contributed by atoms with Crippen LogP contribution in [0.2, 0.25) is 0 Å². The maximum absolute atomic E-state index is 11.2. The van der Waals surface area contributed by atoms with E-state index < -0.39 is 5.91 Å². The topological polar surface area (TPSA) is 73.1 Å². The van der Waals surface area contributed by atoms with Crippen LogP contribution in [0.5, 0.6) is 0 Å². The Morgan fingerprint density at radius 2 is 2.00 bits per heavy atom. The van der Waals surface area contributed by atoms with Gasteiger partial charge in [0.2, 0.25) is 5.91 Å². The number of aldehydes is 1. The molecule has 1 aromatic carbocycles. The van der Waals surface area contributed by atoms with Crippen LogP contribution in [0.1, 0.15) is 26.3 Å². The van der Waals surface area contributed by atoms with Crippen LogP contribution in [0.4, 0.5) is 0 Å². The molecule has 0 saturated heterocycles. The van der Waals surface area contributed by atoms with E-state index in [1.165, 1.54) is 6.20 Å². The SMILES string of the molecule is NC(=O)c1cnc(-c2ccc(C=O)cc2)c(CCCl)c1. The fraction of sp³-hybridized carbons (Fsp3) is 0.133. The van der Waals surface area contributed by atoms with Gasteiger partial charge in [-0.2, -0.15) is 0 Å². The minimum atomic E-state index is -0.517. The lowest BCUT2D eigenvalue weighted by Crippen LogP contribution is -2.12. The zero-order valence-corrected chi connectivity index (χ0v) is 11.4. The summed E-state index contributed by atoms with van der Waals surface area (Å²) >= 11 is 5.78. The second kappa shape index (κ2) is 6.30. The smallest absolute Gasteiger partial charge is 0.250 e. The van der Waals surface area contributed by atoms with Gasteiger partial charge in [-0.3, -0.25) is 14.6 Å². The zero-order chi connectivity index (χ0) is 14.5. The van der Waals surface area contributed by atoms with Crippen LogP contribution < -0.4 is 5.73 Å². The van der Waals surface area contributed by atoms with Gasteiger partial charge in [0.05, 0.1) is 11.3 Å². The molecule has 0 aliphatic heterocycles. The summed E-state index contributed by atoms with van der Waals surface area (Å²) in [5, 5.41) is 0. The highest BCUT2D eigenvalue weighted by atomic mass is 35.5. The first kappa shape index (κ1) is 14.2. The predicted octanol–water partition coefficient (Wildman–Crippen LogP) is 2.44. The number of nitrogens with two attached hydrogens (primary N) is 1. The number of amides is 1. The number of hydrogen-bond acceptors (Lipinski definition) is 3. The summed E-state index contributed by atoms with van der Waals surface area (Å²) in [6, 6.07) is 8.77. The quantitative estimate of drug-likeness (QED) is 0.678. The fourth-order valence-electron chi connectivity index (χ4n) is 1.92. The number of primary amides is 1. The molecular weight excluding hydrogens is 276 g/mol. The molecule has 2 aromatic rings. The van der Waals surface area contributed by atoms with Crippen molar-refractivity contribution in [3.05, 3.63) is 53.2 Å². The van der Waals surface area contributed by atoms with Gasteiger partial charge < -0.3 is 5.73 Å². The van der Waals surface area contributed by atoms with Crippen LogP contribution in [-0.2, 0) is 6.42 Å². The van der Waals surface area contributed by atoms with E-state index >= 15 is 0 Å². The maximum Gasteiger partial charge on any atom is 0.250 e. The van der Waals surface area contributed by atoms with E-state index in [9.17, 15) is 9.59 Å². The molecule has 1 heterocycles. The number of carbonyl (C=O) groups excluding carboxylic acids is 2. The van der Waals surface area contributed by atoms with Crippen LogP contribution in [0.15, 0.2) is 36.5 Å². The first-order chi connectivity index (χ1) is 9.65. The van der Waals surface area contributed by atoms with Gasteiger partial charge in [-0.15, -0.1) is 11.6 Å². The van der Waals surface area contributed by atoms with Crippen molar-refractivity contribution >= 4 is 23.8 Å². The molecule has 0 fully saturated rings. The van der Waals surface area contributed by atoms with E-state index in [0.29, 0.717) is 23.4 Å². The van der Waals surface area contributed by atoms with Gasteiger partial charge >= 0.3 is 0 Å². The van der Waals surface area contributed by atoms with Crippen molar-refractivity contribution in [3.63, 3.8) is 0 Å². The molecule has 2 N–H and O–H groups in total. The summed E-state index contributed by atoms with van der Waals surface area (Å²) in [6.07, 6.45) is 2.82. The first-order valence-electron chi connectivity index (χ1n) is 6.06. The van der Waals surface area contributed by atoms with Gasteiger partial charge in [-0.05, 0) is 18.1 Å². The van der Waals surface area contributed by atoms with Crippen molar-refractivity contribution in [2.45, 2.75) is 6.42 Å². The minimum absolute atomic E-state index is 0.360. The van der Waals surface area contributed by atoms with E-state index in [4.69, 9.17) is 17.3 Å². The fourth-order valence-corrected chi connectivity index (χ4v) is 2.12. The standard InChI is InChI=1S/C15H13ClN2O2/c16-6-5-12-7-13(15(17)20)8-18-14(12)11-3-1-10(9-19)2-4-11/h1-4,7-9H,5-6H2,(H2,17,20). The Labute approximate surface area is 121 Å². The number of halogens is 1. The molecule has 0 bridgehead atoms. The number of carbonyl (C=O) groups is 2. The van der Waals surface area contributed by atoms with Gasteiger partial charge in [0.1, 0.15) is 6.29 Å². The van der Waals surface area contributed by atoms with Crippen molar-refractivity contribution in [2.75, 3.05) is 5.88 Å². The molecule has 0 spiro atoms. The van der Waals surface area contributed by atoms with Gasteiger partial charge in [-0.1, -0.05) is 24.3 Å². The summed E-state index contributed by atoms with van der Waals surface area (Å²) in [4.78, 5) is 26.2. The third kappa shape index (κ3) is 3.03. The molecule has 1 aromatic heterocycles. The van der Waals surface area contributed by atoms with Crippen LogP contribution in [0, 0.1) is 0 Å². The molecule has 102 valence electrons. The Kier molecular flexibility index (Phi) is 4.48. The number of nitrogens with zero attached hydrogens (tertiary/aromatic N) is 1. The highest BCUT2D eigenvalue weighted by molar-refractivity contribution is 6.18. The van der Waals surface area contributed by atoms with Crippen molar-refractivity contribution in [1.82, 2.24) is 4.98 Å². The summed E-state index contributed by atoms with van der Waals surface area (Å²) < 4.78 is 0. The number of alkyl halides is 1. The number of aromatic nitrogens is 1. The minimum Gasteiger partial charge on any atom is -0.366 e. The number of rotatable bonds is 5. The highest BCUT2D eigenvalue weighted by Crippen LogP contribution is 2.23. The number of hydrogen-bond donors (Lipinski definition) is 1. The Hall–Kier alpha value is -2.20. The van der Waals surface area contributed by atoms with Crippen molar-refractivity contribution in [1.29, 1.82) is 0 Å². The average molecular weight is 289 g/mol. The van der Waals surface area contributed by atoms with Gasteiger partial charge in [0, 0.05) is 23.2 Å². The number of pyridine rings is 1. The van der Waals surface area contributed by atoms with Gasteiger partial charge in [0.25, 0.3) is 0 Å². The molecule has 0 saturated carbocycles. The predicted molar refractivity (Wildman–Crippen MR) is 78.0 cm³/mol. The average Bonchev–Trinajstić information content (AvgIpc) is 2.47. The molecule has 0 aliphatic carbocycles. The van der Waals surface area contributed by atoms with E-state index in [0.717, 1.165) is 23.1 Å². The molecule has 0 atom stereocenters. The molecule has 5 heteroatoms. The lowest BCUT2D eigenvalue weighted by Gasteiger charge is -2.09. The third-order valence-corrected chi connectivity index (χ3v) is 3.12. The maximum atomic E-state index is 11.2. The Balaban J connectivity index is 2.48. The van der Waals surface area contributed by atoms with Crippen LogP contribution in [0.3, 0.4) is 0 Å². The van der Waals surface area contributed by atoms with Crippen molar-refractivity contribution in [3.8, 4) is 11.3 Å². The lowest BCUT2D eigenvalue weighted by molar-refractivity contribution is 0.0999. The molecule has 2 rings (SSSR count). The Morgan fingerprint density at radius 1 is 1.30 bits per heavy atom. The summed E-state index contributed by atoms with van der Waals surface area (Å²) in [5.41, 5.74) is 8.68. The Morgan fingerprint density at radius 3 is 2.55 bits per heavy atom. The largest absolute Gasteiger partial charge is 0.366 e.